The number of ether oxygens (including phenoxy) is 1. The highest BCUT2D eigenvalue weighted by Gasteiger charge is 2.04. The lowest BCUT2D eigenvalue weighted by Gasteiger charge is -2.13. The number of aliphatic hydroxyl groups is 1. The number of hydrogen-bond acceptors (Lipinski definition) is 3. The van der Waals surface area contributed by atoms with Crippen LogP contribution in [-0.4, -0.2) is 31.0 Å². The van der Waals surface area contributed by atoms with Gasteiger partial charge in [0.2, 0.25) is 0 Å². The molecule has 0 aliphatic heterocycles. The zero-order chi connectivity index (χ0) is 13.9. The van der Waals surface area contributed by atoms with Crippen molar-refractivity contribution < 1.29 is 14.2 Å². The van der Waals surface area contributed by atoms with Crippen molar-refractivity contribution in [3.05, 3.63) is 30.1 Å². The van der Waals surface area contributed by atoms with Gasteiger partial charge in [-0.15, -0.1) is 0 Å². The summed E-state index contributed by atoms with van der Waals surface area (Å²) in [7, 11) is 0. The van der Waals surface area contributed by atoms with Crippen LogP contribution in [0.25, 0.3) is 0 Å². The Labute approximate surface area is 114 Å². The molecule has 1 aromatic rings. The fourth-order valence-corrected chi connectivity index (χ4v) is 1.71. The van der Waals surface area contributed by atoms with Gasteiger partial charge in [0.05, 0.1) is 12.7 Å². The second-order valence-corrected chi connectivity index (χ2v) is 4.68. The standard InChI is InChI=1S/C15H24FNO2/c1-2-3-4-5-10-19-12-15(18)11-17-14-8-6-13(16)7-9-14/h6-9,15,17-18H,2-5,10-12H2,1H3. The molecule has 0 fully saturated rings. The molecule has 0 saturated heterocycles. The largest absolute Gasteiger partial charge is 0.389 e. The third-order valence-corrected chi connectivity index (χ3v) is 2.84. The van der Waals surface area contributed by atoms with Crippen molar-refractivity contribution >= 4 is 5.69 Å². The van der Waals surface area contributed by atoms with Crippen LogP contribution >= 0.6 is 0 Å². The average molecular weight is 269 g/mol. The second-order valence-electron chi connectivity index (χ2n) is 4.68. The van der Waals surface area contributed by atoms with E-state index in [4.69, 9.17) is 4.74 Å². The molecule has 19 heavy (non-hydrogen) atoms. The van der Waals surface area contributed by atoms with Crippen LogP contribution in [0.15, 0.2) is 24.3 Å². The van der Waals surface area contributed by atoms with Crippen LogP contribution in [0, 0.1) is 5.82 Å². The molecule has 0 bridgehead atoms. The van der Waals surface area contributed by atoms with E-state index in [1.807, 2.05) is 0 Å². The van der Waals surface area contributed by atoms with Gasteiger partial charge >= 0.3 is 0 Å². The van der Waals surface area contributed by atoms with Gasteiger partial charge in [0.25, 0.3) is 0 Å². The summed E-state index contributed by atoms with van der Waals surface area (Å²) in [5.41, 5.74) is 0.795. The summed E-state index contributed by atoms with van der Waals surface area (Å²) in [4.78, 5) is 0. The Bertz CT molecular complexity index is 329. The minimum atomic E-state index is -0.545. The van der Waals surface area contributed by atoms with Crippen LogP contribution in [0.2, 0.25) is 0 Å². The number of rotatable bonds is 10. The van der Waals surface area contributed by atoms with Crippen molar-refractivity contribution in [1.82, 2.24) is 0 Å². The Morgan fingerprint density at radius 3 is 2.63 bits per heavy atom. The molecule has 0 aromatic heterocycles. The highest BCUT2D eigenvalue weighted by atomic mass is 19.1. The van der Waals surface area contributed by atoms with Gasteiger partial charge in [-0.1, -0.05) is 26.2 Å². The van der Waals surface area contributed by atoms with Crippen LogP contribution in [0.3, 0.4) is 0 Å². The number of anilines is 1. The first-order chi connectivity index (χ1) is 9.22. The average Bonchev–Trinajstić information content (AvgIpc) is 2.42. The summed E-state index contributed by atoms with van der Waals surface area (Å²) >= 11 is 0. The summed E-state index contributed by atoms with van der Waals surface area (Å²) in [5, 5.41) is 12.7. The number of unbranched alkanes of at least 4 members (excludes halogenated alkanes) is 3. The summed E-state index contributed by atoms with van der Waals surface area (Å²) < 4.78 is 18.1. The molecule has 0 aliphatic rings. The Morgan fingerprint density at radius 1 is 1.21 bits per heavy atom. The first kappa shape index (κ1) is 15.9. The maximum absolute atomic E-state index is 12.7. The Morgan fingerprint density at radius 2 is 1.95 bits per heavy atom. The lowest BCUT2D eigenvalue weighted by Crippen LogP contribution is -2.25. The highest BCUT2D eigenvalue weighted by molar-refractivity contribution is 5.42. The molecule has 3 nitrogen and oxygen atoms in total. The van der Waals surface area contributed by atoms with Crippen LogP contribution in [0.4, 0.5) is 10.1 Å². The summed E-state index contributed by atoms with van der Waals surface area (Å²) in [6.45, 7) is 3.61. The first-order valence-electron chi connectivity index (χ1n) is 6.97. The first-order valence-corrected chi connectivity index (χ1v) is 6.97. The van der Waals surface area contributed by atoms with E-state index in [2.05, 4.69) is 12.2 Å². The Balaban J connectivity index is 2.04. The molecule has 2 N–H and O–H groups in total. The normalized spacial score (nSPS) is 12.4. The minimum Gasteiger partial charge on any atom is -0.389 e. The zero-order valence-corrected chi connectivity index (χ0v) is 11.6. The van der Waals surface area contributed by atoms with Gasteiger partial charge in [0.1, 0.15) is 5.82 Å². The van der Waals surface area contributed by atoms with E-state index >= 15 is 0 Å². The van der Waals surface area contributed by atoms with Crippen molar-refractivity contribution in [3.63, 3.8) is 0 Å². The molecule has 1 rings (SSSR count). The van der Waals surface area contributed by atoms with Gasteiger partial charge in [-0.3, -0.25) is 0 Å². The second kappa shape index (κ2) is 9.75. The SMILES string of the molecule is CCCCCCOCC(O)CNc1ccc(F)cc1. The number of benzene rings is 1. The van der Waals surface area contributed by atoms with Crippen LogP contribution in [0.5, 0.6) is 0 Å². The van der Waals surface area contributed by atoms with Crippen LogP contribution in [0.1, 0.15) is 32.6 Å². The number of hydrogen-bond donors (Lipinski definition) is 2. The molecule has 4 heteroatoms. The van der Waals surface area contributed by atoms with E-state index in [0.29, 0.717) is 19.8 Å². The van der Waals surface area contributed by atoms with E-state index in [1.54, 1.807) is 12.1 Å². The summed E-state index contributed by atoms with van der Waals surface area (Å²) in [5.74, 6) is -0.262. The maximum atomic E-state index is 12.7. The molecule has 1 aromatic carbocycles. The molecule has 0 heterocycles. The Hall–Kier alpha value is -1.13. The minimum absolute atomic E-state index is 0.262. The van der Waals surface area contributed by atoms with Gasteiger partial charge in [0, 0.05) is 18.8 Å². The van der Waals surface area contributed by atoms with Gasteiger partial charge in [-0.25, -0.2) is 4.39 Å². The van der Waals surface area contributed by atoms with E-state index < -0.39 is 6.10 Å². The van der Waals surface area contributed by atoms with Gasteiger partial charge in [-0.05, 0) is 30.7 Å². The number of nitrogens with one attached hydrogen (secondary N) is 1. The fourth-order valence-electron chi connectivity index (χ4n) is 1.71. The van der Waals surface area contributed by atoms with Crippen molar-refractivity contribution in [2.24, 2.45) is 0 Å². The molecule has 0 aliphatic carbocycles. The van der Waals surface area contributed by atoms with E-state index in [0.717, 1.165) is 12.1 Å². The third-order valence-electron chi connectivity index (χ3n) is 2.84. The molecule has 0 spiro atoms. The van der Waals surface area contributed by atoms with Crippen molar-refractivity contribution in [2.75, 3.05) is 25.1 Å². The number of halogens is 1. The topological polar surface area (TPSA) is 41.5 Å². The quantitative estimate of drug-likeness (QED) is 0.641. The molecule has 108 valence electrons. The summed E-state index contributed by atoms with van der Waals surface area (Å²) in [6.07, 6.45) is 4.13. The van der Waals surface area contributed by atoms with Crippen molar-refractivity contribution in [3.8, 4) is 0 Å². The maximum Gasteiger partial charge on any atom is 0.123 e. The van der Waals surface area contributed by atoms with Gasteiger partial charge in [-0.2, -0.15) is 0 Å². The molecule has 0 amide bonds. The van der Waals surface area contributed by atoms with Gasteiger partial charge < -0.3 is 15.2 Å². The third kappa shape index (κ3) is 7.80. The number of aliphatic hydroxyl groups excluding tert-OH is 1. The zero-order valence-electron chi connectivity index (χ0n) is 11.6. The van der Waals surface area contributed by atoms with Crippen LogP contribution < -0.4 is 5.32 Å². The van der Waals surface area contributed by atoms with E-state index in [1.165, 1.54) is 31.4 Å². The smallest absolute Gasteiger partial charge is 0.123 e. The van der Waals surface area contributed by atoms with Gasteiger partial charge in [0.15, 0.2) is 0 Å². The van der Waals surface area contributed by atoms with E-state index in [9.17, 15) is 9.50 Å². The van der Waals surface area contributed by atoms with E-state index in [-0.39, 0.29) is 5.82 Å². The lowest BCUT2D eigenvalue weighted by atomic mass is 10.2. The van der Waals surface area contributed by atoms with Crippen LogP contribution in [-0.2, 0) is 4.74 Å². The summed E-state index contributed by atoms with van der Waals surface area (Å²) in [6, 6.07) is 6.07. The monoisotopic (exact) mass is 269 g/mol. The molecule has 1 atom stereocenters. The molecular formula is C15H24FNO2. The van der Waals surface area contributed by atoms with Crippen molar-refractivity contribution in [2.45, 2.75) is 38.7 Å². The lowest BCUT2D eigenvalue weighted by molar-refractivity contribution is 0.0417. The predicted molar refractivity (Wildman–Crippen MR) is 75.9 cm³/mol. The predicted octanol–water partition coefficient (Wildman–Crippen LogP) is 3.20. The highest BCUT2D eigenvalue weighted by Crippen LogP contribution is 2.08. The molecule has 0 saturated carbocycles. The Kier molecular flexibility index (Phi) is 8.18. The molecule has 1 unspecified atom stereocenters. The fraction of sp³-hybridized carbons (Fsp3) is 0.600. The van der Waals surface area contributed by atoms with Crippen molar-refractivity contribution in [1.29, 1.82) is 0 Å². The molecular weight excluding hydrogens is 245 g/mol. The molecule has 0 radical (unpaired) electrons.